The number of rotatable bonds is 5. The van der Waals surface area contributed by atoms with Crippen molar-refractivity contribution in [2.24, 2.45) is 7.05 Å². The van der Waals surface area contributed by atoms with Gasteiger partial charge in [0.1, 0.15) is 18.1 Å². The van der Waals surface area contributed by atoms with E-state index in [4.69, 9.17) is 18.0 Å². The van der Waals surface area contributed by atoms with Gasteiger partial charge in [0, 0.05) is 32.4 Å². The standard InChI is InChI=1S/C13H14ClN5O/c1-3-7-19-13(20)12(10(14)9-17-19)16-5-4-11-15-6-8-18(11)2/h1,6,8-9,16H,4-5,7H2,2H3. The van der Waals surface area contributed by atoms with E-state index in [9.17, 15) is 4.79 Å². The van der Waals surface area contributed by atoms with E-state index in [-0.39, 0.29) is 17.1 Å². The fourth-order valence-electron chi connectivity index (χ4n) is 1.76. The molecule has 6 nitrogen and oxygen atoms in total. The van der Waals surface area contributed by atoms with Gasteiger partial charge >= 0.3 is 0 Å². The fourth-order valence-corrected chi connectivity index (χ4v) is 1.96. The van der Waals surface area contributed by atoms with Crippen LogP contribution < -0.4 is 10.9 Å². The molecule has 0 saturated carbocycles. The van der Waals surface area contributed by atoms with E-state index in [0.29, 0.717) is 18.7 Å². The average Bonchev–Trinajstić information content (AvgIpc) is 2.83. The molecule has 0 aliphatic rings. The van der Waals surface area contributed by atoms with Crippen molar-refractivity contribution in [2.75, 3.05) is 11.9 Å². The van der Waals surface area contributed by atoms with E-state index in [1.165, 1.54) is 10.9 Å². The van der Waals surface area contributed by atoms with Crippen LogP contribution in [-0.2, 0) is 20.0 Å². The van der Waals surface area contributed by atoms with Crippen molar-refractivity contribution in [3.05, 3.63) is 39.8 Å². The molecule has 2 aromatic rings. The van der Waals surface area contributed by atoms with Gasteiger partial charge in [-0.15, -0.1) is 6.42 Å². The van der Waals surface area contributed by atoms with Crippen LogP contribution in [0.5, 0.6) is 0 Å². The Kier molecular flexibility index (Phi) is 4.43. The molecule has 0 spiro atoms. The Morgan fingerprint density at radius 1 is 1.55 bits per heavy atom. The first-order valence-corrected chi connectivity index (χ1v) is 6.40. The fraction of sp³-hybridized carbons (Fsp3) is 0.308. The molecule has 0 amide bonds. The SMILES string of the molecule is C#CCn1ncc(Cl)c(NCCc2nccn2C)c1=O. The lowest BCUT2D eigenvalue weighted by atomic mass is 10.3. The Morgan fingerprint density at radius 3 is 3.00 bits per heavy atom. The summed E-state index contributed by atoms with van der Waals surface area (Å²) >= 11 is 5.98. The minimum absolute atomic E-state index is 0.115. The summed E-state index contributed by atoms with van der Waals surface area (Å²) in [6.45, 7) is 0.657. The van der Waals surface area contributed by atoms with Crippen LogP contribution >= 0.6 is 11.6 Å². The van der Waals surface area contributed by atoms with Gasteiger partial charge in [-0.3, -0.25) is 4.79 Å². The third kappa shape index (κ3) is 3.00. The van der Waals surface area contributed by atoms with Crippen LogP contribution in [-0.4, -0.2) is 25.9 Å². The first-order chi connectivity index (χ1) is 9.63. The molecule has 0 radical (unpaired) electrons. The molecule has 2 rings (SSSR count). The third-order valence-electron chi connectivity index (χ3n) is 2.81. The zero-order valence-electron chi connectivity index (χ0n) is 11.0. The van der Waals surface area contributed by atoms with Gasteiger partial charge in [0.15, 0.2) is 0 Å². The monoisotopic (exact) mass is 291 g/mol. The highest BCUT2D eigenvalue weighted by molar-refractivity contribution is 6.32. The van der Waals surface area contributed by atoms with E-state index in [1.807, 2.05) is 17.8 Å². The summed E-state index contributed by atoms with van der Waals surface area (Å²) in [5.74, 6) is 3.30. The molecule has 0 fully saturated rings. The largest absolute Gasteiger partial charge is 0.379 e. The summed E-state index contributed by atoms with van der Waals surface area (Å²) in [6.07, 6.45) is 10.9. The van der Waals surface area contributed by atoms with E-state index >= 15 is 0 Å². The van der Waals surface area contributed by atoms with Crippen LogP contribution in [0.3, 0.4) is 0 Å². The number of aryl methyl sites for hydroxylation is 1. The third-order valence-corrected chi connectivity index (χ3v) is 3.10. The summed E-state index contributed by atoms with van der Waals surface area (Å²) < 4.78 is 3.11. The van der Waals surface area contributed by atoms with Gasteiger partial charge < -0.3 is 9.88 Å². The highest BCUT2D eigenvalue weighted by atomic mass is 35.5. The second-order valence-electron chi connectivity index (χ2n) is 4.17. The van der Waals surface area contributed by atoms with Crippen molar-refractivity contribution in [1.82, 2.24) is 19.3 Å². The number of aromatic nitrogens is 4. The number of nitrogens with one attached hydrogen (secondary N) is 1. The predicted molar refractivity (Wildman–Crippen MR) is 77.7 cm³/mol. The molecule has 20 heavy (non-hydrogen) atoms. The number of hydrogen-bond acceptors (Lipinski definition) is 4. The average molecular weight is 292 g/mol. The Balaban J connectivity index is 2.10. The molecule has 2 heterocycles. The second-order valence-corrected chi connectivity index (χ2v) is 4.57. The van der Waals surface area contributed by atoms with Crippen LogP contribution in [0.25, 0.3) is 0 Å². The molecule has 104 valence electrons. The molecular formula is C13H14ClN5O. The normalized spacial score (nSPS) is 10.2. The summed E-state index contributed by atoms with van der Waals surface area (Å²) in [6, 6.07) is 0. The maximum atomic E-state index is 12.1. The molecule has 0 unspecified atom stereocenters. The van der Waals surface area contributed by atoms with Crippen LogP contribution in [0.4, 0.5) is 5.69 Å². The van der Waals surface area contributed by atoms with Crippen LogP contribution in [0, 0.1) is 12.3 Å². The predicted octanol–water partition coefficient (Wildman–Crippen LogP) is 0.918. The van der Waals surface area contributed by atoms with Crippen molar-refractivity contribution in [3.8, 4) is 12.3 Å². The Bertz CT molecular complexity index is 698. The quantitative estimate of drug-likeness (QED) is 0.832. The number of anilines is 1. The molecule has 0 aromatic carbocycles. The minimum atomic E-state index is -0.324. The molecular weight excluding hydrogens is 278 g/mol. The van der Waals surface area contributed by atoms with Crippen molar-refractivity contribution >= 4 is 17.3 Å². The summed E-state index contributed by atoms with van der Waals surface area (Å²) in [4.78, 5) is 16.3. The first kappa shape index (κ1) is 14.2. The summed E-state index contributed by atoms with van der Waals surface area (Å²) in [5, 5.41) is 7.17. The van der Waals surface area contributed by atoms with E-state index < -0.39 is 0 Å². The van der Waals surface area contributed by atoms with Gasteiger partial charge in [0.25, 0.3) is 5.56 Å². The lowest BCUT2D eigenvalue weighted by molar-refractivity contribution is 0.663. The Morgan fingerprint density at radius 2 is 2.35 bits per heavy atom. The minimum Gasteiger partial charge on any atom is -0.379 e. The lowest BCUT2D eigenvalue weighted by Gasteiger charge is -2.09. The van der Waals surface area contributed by atoms with Crippen molar-refractivity contribution in [1.29, 1.82) is 0 Å². The number of nitrogens with zero attached hydrogens (tertiary/aromatic N) is 4. The van der Waals surface area contributed by atoms with Gasteiger partial charge in [-0.25, -0.2) is 9.67 Å². The molecule has 1 N–H and O–H groups in total. The molecule has 0 aliphatic heterocycles. The first-order valence-electron chi connectivity index (χ1n) is 6.02. The van der Waals surface area contributed by atoms with Crippen LogP contribution in [0.15, 0.2) is 23.4 Å². The zero-order valence-corrected chi connectivity index (χ0v) is 11.8. The van der Waals surface area contributed by atoms with Crippen molar-refractivity contribution in [2.45, 2.75) is 13.0 Å². The number of hydrogen-bond donors (Lipinski definition) is 1. The Labute approximate surface area is 121 Å². The van der Waals surface area contributed by atoms with Gasteiger partial charge in [0.2, 0.25) is 0 Å². The second kappa shape index (κ2) is 6.26. The number of imidazole rings is 1. The maximum Gasteiger partial charge on any atom is 0.292 e. The molecule has 2 aromatic heterocycles. The van der Waals surface area contributed by atoms with Crippen LogP contribution in [0.1, 0.15) is 5.82 Å². The van der Waals surface area contributed by atoms with E-state index in [0.717, 1.165) is 5.82 Å². The van der Waals surface area contributed by atoms with Crippen molar-refractivity contribution < 1.29 is 0 Å². The molecule has 7 heteroatoms. The summed E-state index contributed by atoms with van der Waals surface area (Å²) in [5.41, 5.74) is -0.0126. The summed E-state index contributed by atoms with van der Waals surface area (Å²) in [7, 11) is 1.92. The van der Waals surface area contributed by atoms with Gasteiger partial charge in [-0.1, -0.05) is 17.5 Å². The lowest BCUT2D eigenvalue weighted by Crippen LogP contribution is -2.26. The van der Waals surface area contributed by atoms with Crippen molar-refractivity contribution in [3.63, 3.8) is 0 Å². The molecule has 0 bridgehead atoms. The van der Waals surface area contributed by atoms with E-state index in [1.54, 1.807) is 6.20 Å². The van der Waals surface area contributed by atoms with Crippen LogP contribution in [0.2, 0.25) is 5.02 Å². The highest BCUT2D eigenvalue weighted by Crippen LogP contribution is 2.14. The highest BCUT2D eigenvalue weighted by Gasteiger charge is 2.09. The Hall–Kier alpha value is -2.26. The molecule has 0 atom stereocenters. The smallest absolute Gasteiger partial charge is 0.292 e. The van der Waals surface area contributed by atoms with Gasteiger partial charge in [-0.05, 0) is 0 Å². The number of terminal acetylenes is 1. The van der Waals surface area contributed by atoms with Gasteiger partial charge in [0.05, 0.1) is 11.2 Å². The topological polar surface area (TPSA) is 64.7 Å². The van der Waals surface area contributed by atoms with E-state index in [2.05, 4.69) is 21.3 Å². The molecule has 0 aliphatic carbocycles. The molecule has 0 saturated heterocycles. The zero-order chi connectivity index (χ0) is 14.5. The van der Waals surface area contributed by atoms with Gasteiger partial charge in [-0.2, -0.15) is 5.10 Å². The maximum absolute atomic E-state index is 12.1. The number of halogens is 1.